The molecule has 60 valence electrons. The van der Waals surface area contributed by atoms with E-state index in [1.165, 1.54) is 0 Å². The van der Waals surface area contributed by atoms with Gasteiger partial charge in [-0.3, -0.25) is 0 Å². The van der Waals surface area contributed by atoms with Gasteiger partial charge in [-0.2, -0.15) is 0 Å². The topological polar surface area (TPSA) is 37.2 Å². The first-order valence-corrected chi connectivity index (χ1v) is 3.86. The van der Waals surface area contributed by atoms with E-state index in [-0.39, 0.29) is 15.9 Å². The third-order valence-electron chi connectivity index (χ3n) is 2.01. The molecule has 1 heterocycles. The molecule has 0 radical (unpaired) electrons. The van der Waals surface area contributed by atoms with E-state index in [1.807, 2.05) is 19.1 Å². The van der Waals surface area contributed by atoms with Gasteiger partial charge in [0.1, 0.15) is 0 Å². The fraction of sp³-hybridized carbons (Fsp3) is 0.100. The van der Waals surface area contributed by atoms with Crippen LogP contribution in [0.25, 0.3) is 10.9 Å². The van der Waals surface area contributed by atoms with Gasteiger partial charge in [0.2, 0.25) is 5.52 Å². The number of aromatic nitrogens is 1. The molecule has 1 N–H and O–H groups in total. The average Bonchev–Trinajstić information content (AvgIpc) is 2.07. The van der Waals surface area contributed by atoms with Gasteiger partial charge in [-0.1, -0.05) is 12.1 Å². The summed E-state index contributed by atoms with van der Waals surface area (Å²) in [6, 6.07) is 7.26. The summed E-state index contributed by atoms with van der Waals surface area (Å²) in [6.07, 6.45) is 1.79. The molecule has 1 aromatic carbocycles. The first-order chi connectivity index (χ1) is 5.79. The van der Waals surface area contributed by atoms with Gasteiger partial charge in [-0.15, -0.1) is 0 Å². The normalized spacial score (nSPS) is 9.62. The van der Waals surface area contributed by atoms with Crippen LogP contribution >= 0.6 is 0 Å². The third-order valence-corrected chi connectivity index (χ3v) is 2.01. The zero-order chi connectivity index (χ0) is 8.55. The van der Waals surface area contributed by atoms with Gasteiger partial charge >= 0.3 is 10.1 Å². The minimum Gasteiger partial charge on any atom is -0.868 e. The number of benzene rings is 1. The van der Waals surface area contributed by atoms with Crippen LogP contribution in [0.3, 0.4) is 0 Å². The number of H-pyrrole nitrogens is 1. The van der Waals surface area contributed by atoms with Crippen molar-refractivity contribution in [2.45, 2.75) is 6.92 Å². The molecule has 13 heavy (non-hydrogen) atoms. The SMILES string of the molecule is Cc1cc[nH+]c2c([O-])cccc12.[Be+2]. The Bertz CT molecular complexity index is 387. The molecule has 0 fully saturated rings. The minimum atomic E-state index is 0. The van der Waals surface area contributed by atoms with Crippen LogP contribution in [0, 0.1) is 6.92 Å². The molecular formula is C10H9BeNO+2. The van der Waals surface area contributed by atoms with E-state index in [2.05, 4.69) is 4.98 Å². The molecule has 1 aromatic heterocycles. The first-order valence-electron chi connectivity index (χ1n) is 3.86. The summed E-state index contributed by atoms with van der Waals surface area (Å²) >= 11 is 0. The Morgan fingerprint density at radius 1 is 1.23 bits per heavy atom. The Kier molecular flexibility index (Phi) is 2.64. The standard InChI is InChI=1S/C10H9NO.Be/c1-7-5-6-11-10-8(7)3-2-4-9(10)12;/h2-6,12H,1H3;/q;+2. The van der Waals surface area contributed by atoms with Crippen molar-refractivity contribution in [2.24, 2.45) is 0 Å². The van der Waals surface area contributed by atoms with Gasteiger partial charge in [0.05, 0.1) is 0 Å². The number of nitrogens with one attached hydrogen (secondary N) is 1. The number of fused-ring (bicyclic) bond motifs is 1. The Morgan fingerprint density at radius 3 is 2.69 bits per heavy atom. The number of aryl methyl sites for hydroxylation is 1. The van der Waals surface area contributed by atoms with Crippen molar-refractivity contribution in [3.05, 3.63) is 36.0 Å². The summed E-state index contributed by atoms with van der Waals surface area (Å²) in [6.45, 7) is 2.00. The van der Waals surface area contributed by atoms with Crippen molar-refractivity contribution in [3.8, 4) is 5.75 Å². The number of rotatable bonds is 0. The summed E-state index contributed by atoms with van der Waals surface area (Å²) in [5.41, 5.74) is 1.82. The second kappa shape index (κ2) is 3.54. The van der Waals surface area contributed by atoms with E-state index in [0.29, 0.717) is 5.52 Å². The fourth-order valence-electron chi connectivity index (χ4n) is 1.35. The third kappa shape index (κ3) is 1.53. The van der Waals surface area contributed by atoms with E-state index in [4.69, 9.17) is 0 Å². The fourth-order valence-corrected chi connectivity index (χ4v) is 1.35. The van der Waals surface area contributed by atoms with Gasteiger partial charge in [-0.25, -0.2) is 4.98 Å². The molecule has 0 unspecified atom stereocenters. The molecule has 0 saturated carbocycles. The Morgan fingerprint density at radius 2 is 2.00 bits per heavy atom. The summed E-state index contributed by atoms with van der Waals surface area (Å²) < 4.78 is 0. The van der Waals surface area contributed by atoms with Crippen LogP contribution in [0.15, 0.2) is 30.5 Å². The van der Waals surface area contributed by atoms with Crippen molar-refractivity contribution < 1.29 is 10.1 Å². The maximum Gasteiger partial charge on any atom is 2.00 e. The molecular weight excluding hydrogens is 159 g/mol. The second-order valence-electron chi connectivity index (χ2n) is 2.84. The van der Waals surface area contributed by atoms with Crippen LogP contribution in [0.1, 0.15) is 5.56 Å². The zero-order valence-electron chi connectivity index (χ0n) is 7.50. The van der Waals surface area contributed by atoms with Gasteiger partial charge in [0.25, 0.3) is 0 Å². The van der Waals surface area contributed by atoms with Crippen LogP contribution in [0.4, 0.5) is 0 Å². The number of para-hydroxylation sites is 1. The molecule has 0 bridgehead atoms. The number of hydrogen-bond acceptors (Lipinski definition) is 1. The number of aromatic amines is 1. The molecule has 0 amide bonds. The molecule has 0 aliphatic rings. The van der Waals surface area contributed by atoms with Crippen LogP contribution in [-0.2, 0) is 0 Å². The van der Waals surface area contributed by atoms with Gasteiger partial charge < -0.3 is 5.11 Å². The van der Waals surface area contributed by atoms with Crippen molar-refractivity contribution in [1.29, 1.82) is 0 Å². The van der Waals surface area contributed by atoms with E-state index in [1.54, 1.807) is 18.3 Å². The molecule has 0 saturated heterocycles. The van der Waals surface area contributed by atoms with Crippen molar-refractivity contribution in [1.82, 2.24) is 0 Å². The van der Waals surface area contributed by atoms with E-state index >= 15 is 0 Å². The predicted octanol–water partition coefficient (Wildman–Crippen LogP) is 0.655. The average molecular weight is 168 g/mol. The molecule has 0 aliphatic carbocycles. The number of pyridine rings is 1. The van der Waals surface area contributed by atoms with Crippen LogP contribution in [0.2, 0.25) is 0 Å². The molecule has 0 spiro atoms. The first kappa shape index (κ1) is 9.69. The van der Waals surface area contributed by atoms with E-state index < -0.39 is 0 Å². The Labute approximate surface area is 80.5 Å². The maximum absolute atomic E-state index is 11.3. The Hall–Kier alpha value is -1.40. The van der Waals surface area contributed by atoms with Crippen molar-refractivity contribution >= 4 is 21.0 Å². The molecule has 2 rings (SSSR count). The molecule has 2 nitrogen and oxygen atoms in total. The van der Waals surface area contributed by atoms with Crippen LogP contribution in [-0.4, -0.2) is 10.1 Å². The number of hydrogen-bond donors (Lipinski definition) is 0. The summed E-state index contributed by atoms with van der Waals surface area (Å²) in [7, 11) is 0. The van der Waals surface area contributed by atoms with Crippen molar-refractivity contribution in [2.75, 3.05) is 0 Å². The van der Waals surface area contributed by atoms with Crippen LogP contribution < -0.4 is 10.1 Å². The zero-order valence-corrected chi connectivity index (χ0v) is 7.50. The summed E-state index contributed by atoms with van der Waals surface area (Å²) in [4.78, 5) is 2.95. The smallest absolute Gasteiger partial charge is 0.868 e. The second-order valence-corrected chi connectivity index (χ2v) is 2.84. The van der Waals surface area contributed by atoms with Gasteiger partial charge in [0, 0.05) is 11.5 Å². The molecule has 2 aromatic rings. The van der Waals surface area contributed by atoms with E-state index in [0.717, 1.165) is 10.9 Å². The maximum atomic E-state index is 11.3. The summed E-state index contributed by atoms with van der Waals surface area (Å²) in [5.74, 6) is 0.0520. The predicted molar refractivity (Wildman–Crippen MR) is 50.4 cm³/mol. The monoisotopic (exact) mass is 168 g/mol. The molecule has 0 aliphatic heterocycles. The minimum absolute atomic E-state index is 0. The summed E-state index contributed by atoms with van der Waals surface area (Å²) in [5, 5.41) is 12.3. The van der Waals surface area contributed by atoms with E-state index in [9.17, 15) is 5.11 Å². The molecule has 0 atom stereocenters. The largest absolute Gasteiger partial charge is 2.00 e. The Balaban J connectivity index is 0.000000845. The van der Waals surface area contributed by atoms with Gasteiger partial charge in [0.15, 0.2) is 6.20 Å². The van der Waals surface area contributed by atoms with Gasteiger partial charge in [-0.05, 0) is 24.3 Å². The quantitative estimate of drug-likeness (QED) is 0.532. The van der Waals surface area contributed by atoms with Crippen LogP contribution in [0.5, 0.6) is 5.75 Å². The van der Waals surface area contributed by atoms with Crippen molar-refractivity contribution in [3.63, 3.8) is 0 Å². The molecule has 3 heteroatoms.